The molecule has 19 heavy (non-hydrogen) atoms. The van der Waals surface area contributed by atoms with Crippen LogP contribution in [0.25, 0.3) is 0 Å². The van der Waals surface area contributed by atoms with Crippen molar-refractivity contribution >= 4 is 10.0 Å². The fourth-order valence-corrected chi connectivity index (χ4v) is 3.82. The molecule has 5 heteroatoms. The van der Waals surface area contributed by atoms with Gasteiger partial charge in [0, 0.05) is 19.6 Å². The van der Waals surface area contributed by atoms with E-state index in [2.05, 4.69) is 11.4 Å². The molecular formula is C14H22N2O2S. The van der Waals surface area contributed by atoms with Crippen LogP contribution in [-0.4, -0.2) is 38.1 Å². The Hall–Kier alpha value is -0.910. The molecule has 0 atom stereocenters. The average molecular weight is 282 g/mol. The summed E-state index contributed by atoms with van der Waals surface area (Å²) in [5.41, 5.74) is 2.43. The highest BCUT2D eigenvalue weighted by Crippen LogP contribution is 2.20. The number of aryl methyl sites for hydroxylation is 1. The van der Waals surface area contributed by atoms with Crippen LogP contribution in [0, 0.1) is 0 Å². The number of nitrogens with zero attached hydrogens (tertiary/aromatic N) is 1. The molecule has 1 aromatic rings. The summed E-state index contributed by atoms with van der Waals surface area (Å²) in [6.07, 6.45) is 1.87. The summed E-state index contributed by atoms with van der Waals surface area (Å²) >= 11 is 0. The summed E-state index contributed by atoms with van der Waals surface area (Å²) in [6.45, 7) is 4.46. The first-order valence-electron chi connectivity index (χ1n) is 6.89. The van der Waals surface area contributed by atoms with Crippen molar-refractivity contribution in [3.05, 3.63) is 35.4 Å². The minimum Gasteiger partial charge on any atom is -0.316 e. The molecule has 0 fully saturated rings. The van der Waals surface area contributed by atoms with Crippen molar-refractivity contribution in [3.8, 4) is 0 Å². The molecule has 1 aromatic carbocycles. The highest BCUT2D eigenvalue weighted by atomic mass is 32.2. The van der Waals surface area contributed by atoms with Crippen molar-refractivity contribution in [3.63, 3.8) is 0 Å². The van der Waals surface area contributed by atoms with Gasteiger partial charge in [-0.05, 0) is 30.5 Å². The lowest BCUT2D eigenvalue weighted by Gasteiger charge is -2.20. The molecule has 0 bridgehead atoms. The van der Waals surface area contributed by atoms with Crippen LogP contribution in [0.15, 0.2) is 24.3 Å². The van der Waals surface area contributed by atoms with Crippen LogP contribution in [0.3, 0.4) is 0 Å². The second-order valence-corrected chi connectivity index (χ2v) is 6.96. The molecule has 1 N–H and O–H groups in total. The van der Waals surface area contributed by atoms with Gasteiger partial charge in [-0.1, -0.05) is 31.2 Å². The minimum absolute atomic E-state index is 0.184. The Kier molecular flexibility index (Phi) is 4.96. The van der Waals surface area contributed by atoms with E-state index in [1.807, 2.05) is 25.1 Å². The van der Waals surface area contributed by atoms with Crippen LogP contribution in [0.1, 0.15) is 24.5 Å². The van der Waals surface area contributed by atoms with Crippen molar-refractivity contribution in [2.24, 2.45) is 0 Å². The Morgan fingerprint density at radius 1 is 1.26 bits per heavy atom. The highest BCUT2D eigenvalue weighted by molar-refractivity contribution is 7.89. The van der Waals surface area contributed by atoms with Crippen molar-refractivity contribution in [1.29, 1.82) is 0 Å². The third-order valence-corrected chi connectivity index (χ3v) is 5.32. The molecule has 0 radical (unpaired) electrons. The topological polar surface area (TPSA) is 49.4 Å². The fraction of sp³-hybridized carbons (Fsp3) is 0.571. The fourth-order valence-electron chi connectivity index (χ4n) is 2.42. The lowest BCUT2D eigenvalue weighted by Crippen LogP contribution is -2.36. The summed E-state index contributed by atoms with van der Waals surface area (Å²) in [4.78, 5) is 0. The van der Waals surface area contributed by atoms with Crippen molar-refractivity contribution in [2.75, 3.05) is 25.4 Å². The van der Waals surface area contributed by atoms with Crippen LogP contribution < -0.4 is 5.32 Å². The first-order valence-corrected chi connectivity index (χ1v) is 8.49. The molecule has 2 rings (SSSR count). The molecule has 0 saturated carbocycles. The van der Waals surface area contributed by atoms with Crippen LogP contribution in [0.2, 0.25) is 0 Å². The third-order valence-electron chi connectivity index (χ3n) is 3.50. The maximum Gasteiger partial charge on any atom is 0.215 e. The summed E-state index contributed by atoms with van der Waals surface area (Å²) in [5, 5.41) is 3.07. The largest absolute Gasteiger partial charge is 0.316 e. The maximum atomic E-state index is 12.3. The van der Waals surface area contributed by atoms with Gasteiger partial charge in [0.25, 0.3) is 0 Å². The Labute approximate surface area is 115 Å². The summed E-state index contributed by atoms with van der Waals surface area (Å²) in [6, 6.07) is 8.14. The van der Waals surface area contributed by atoms with E-state index in [9.17, 15) is 8.42 Å². The van der Waals surface area contributed by atoms with Gasteiger partial charge in [0.2, 0.25) is 10.0 Å². The Morgan fingerprint density at radius 3 is 2.74 bits per heavy atom. The van der Waals surface area contributed by atoms with Gasteiger partial charge >= 0.3 is 0 Å². The number of rotatable bonds is 5. The predicted molar refractivity (Wildman–Crippen MR) is 77.5 cm³/mol. The first kappa shape index (κ1) is 14.5. The van der Waals surface area contributed by atoms with E-state index < -0.39 is 10.0 Å². The predicted octanol–water partition coefficient (Wildman–Crippen LogP) is 1.37. The number of hydrogen-bond acceptors (Lipinski definition) is 3. The van der Waals surface area contributed by atoms with Crippen molar-refractivity contribution < 1.29 is 8.42 Å². The molecular weight excluding hydrogens is 260 g/mol. The zero-order valence-electron chi connectivity index (χ0n) is 11.4. The Bertz CT molecular complexity index is 514. The van der Waals surface area contributed by atoms with E-state index in [1.165, 1.54) is 5.56 Å². The van der Waals surface area contributed by atoms with Crippen LogP contribution in [-0.2, 0) is 23.0 Å². The van der Waals surface area contributed by atoms with E-state index in [0.717, 1.165) is 24.9 Å². The van der Waals surface area contributed by atoms with Crippen LogP contribution >= 0.6 is 0 Å². The van der Waals surface area contributed by atoms with E-state index in [1.54, 1.807) is 4.31 Å². The third kappa shape index (κ3) is 3.78. The highest BCUT2D eigenvalue weighted by Gasteiger charge is 2.24. The van der Waals surface area contributed by atoms with Gasteiger partial charge < -0.3 is 5.32 Å². The number of hydrogen-bond donors (Lipinski definition) is 1. The molecule has 0 saturated heterocycles. The lowest BCUT2D eigenvalue weighted by atomic mass is 10.0. The molecule has 1 heterocycles. The Balaban J connectivity index is 2.09. The maximum absolute atomic E-state index is 12.3. The molecule has 0 spiro atoms. The SMILES string of the molecule is CCNCCS(=O)(=O)N1CCCc2ccccc2C1. The lowest BCUT2D eigenvalue weighted by molar-refractivity contribution is 0.409. The van der Waals surface area contributed by atoms with E-state index >= 15 is 0 Å². The average Bonchev–Trinajstić information content (AvgIpc) is 2.61. The van der Waals surface area contributed by atoms with Crippen LogP contribution in [0.4, 0.5) is 0 Å². The molecule has 1 aliphatic rings. The van der Waals surface area contributed by atoms with E-state index in [-0.39, 0.29) is 5.75 Å². The van der Waals surface area contributed by atoms with Crippen LogP contribution in [0.5, 0.6) is 0 Å². The van der Waals surface area contributed by atoms with Gasteiger partial charge in [-0.15, -0.1) is 0 Å². The number of nitrogens with one attached hydrogen (secondary N) is 1. The minimum atomic E-state index is -3.15. The molecule has 0 aromatic heterocycles. The van der Waals surface area contributed by atoms with Gasteiger partial charge in [-0.25, -0.2) is 8.42 Å². The molecule has 0 unspecified atom stereocenters. The number of sulfonamides is 1. The second-order valence-electron chi connectivity index (χ2n) is 4.88. The Morgan fingerprint density at radius 2 is 2.00 bits per heavy atom. The zero-order chi connectivity index (χ0) is 13.7. The molecule has 0 aliphatic carbocycles. The van der Waals surface area contributed by atoms with Gasteiger partial charge in [-0.2, -0.15) is 4.31 Å². The molecule has 0 amide bonds. The summed E-state index contributed by atoms with van der Waals surface area (Å²) < 4.78 is 26.3. The quantitative estimate of drug-likeness (QED) is 0.830. The number of fused-ring (bicyclic) bond motifs is 1. The van der Waals surface area contributed by atoms with Gasteiger partial charge in [0.15, 0.2) is 0 Å². The smallest absolute Gasteiger partial charge is 0.215 e. The molecule has 4 nitrogen and oxygen atoms in total. The summed E-state index contributed by atoms with van der Waals surface area (Å²) in [5.74, 6) is 0.184. The normalized spacial score (nSPS) is 16.9. The second kappa shape index (κ2) is 6.50. The summed E-state index contributed by atoms with van der Waals surface area (Å²) in [7, 11) is -3.15. The number of benzene rings is 1. The van der Waals surface area contributed by atoms with Gasteiger partial charge in [0.1, 0.15) is 0 Å². The molecule has 106 valence electrons. The van der Waals surface area contributed by atoms with Gasteiger partial charge in [-0.3, -0.25) is 0 Å². The standard InChI is InChI=1S/C14H22N2O2S/c1-2-15-9-11-19(17,18)16-10-5-8-13-6-3-4-7-14(13)12-16/h3-4,6-7,15H,2,5,8-12H2,1H3. The first-order chi connectivity index (χ1) is 9.13. The van der Waals surface area contributed by atoms with E-state index in [4.69, 9.17) is 0 Å². The molecule has 1 aliphatic heterocycles. The van der Waals surface area contributed by atoms with Crippen molar-refractivity contribution in [1.82, 2.24) is 9.62 Å². The zero-order valence-corrected chi connectivity index (χ0v) is 12.2. The van der Waals surface area contributed by atoms with E-state index in [0.29, 0.717) is 19.6 Å². The monoisotopic (exact) mass is 282 g/mol. The van der Waals surface area contributed by atoms with Gasteiger partial charge in [0.05, 0.1) is 5.75 Å². The van der Waals surface area contributed by atoms with Crippen molar-refractivity contribution in [2.45, 2.75) is 26.3 Å².